The van der Waals surface area contributed by atoms with Gasteiger partial charge in [-0.1, -0.05) is 62.8 Å². The first-order valence-corrected chi connectivity index (χ1v) is 16.4. The molecule has 0 atom stereocenters. The lowest BCUT2D eigenvalue weighted by Crippen LogP contribution is -2.41. The lowest BCUT2D eigenvalue weighted by atomic mass is 10.0. The van der Waals surface area contributed by atoms with Crippen molar-refractivity contribution in [2.75, 3.05) is 6.61 Å². The average Bonchev–Trinajstić information content (AvgIpc) is 3.11. The number of nitrogens with zero attached hydrogens (tertiary/aromatic N) is 1. The lowest BCUT2D eigenvalue weighted by Gasteiger charge is -2.36. The largest absolute Gasteiger partial charge is 0.416 e. The van der Waals surface area contributed by atoms with Gasteiger partial charge in [-0.25, -0.2) is 12.4 Å². The smallest absolute Gasteiger partial charge is 0.268 e. The minimum atomic E-state index is -3.79. The molecule has 0 aliphatic heterocycles. The number of rotatable bonds is 8. The van der Waals surface area contributed by atoms with Gasteiger partial charge in [-0.3, -0.25) is 0 Å². The lowest BCUT2D eigenvalue weighted by molar-refractivity contribution is 0.134. The van der Waals surface area contributed by atoms with Crippen LogP contribution in [0.25, 0.3) is 17.0 Å². The SMILES string of the molecule is Cc1ccc(S(=O)(=O)n2cc(CCO[Si](C)(C)C(C)(C)C)c3c(/C=C/C(C)(C)O)cccc32)cc1. The van der Waals surface area contributed by atoms with Crippen LogP contribution in [0.15, 0.2) is 59.6 Å². The zero-order valence-electron chi connectivity index (χ0n) is 22.2. The van der Waals surface area contributed by atoms with Crippen molar-refractivity contribution in [2.45, 2.75) is 76.6 Å². The molecule has 0 aliphatic rings. The van der Waals surface area contributed by atoms with E-state index < -0.39 is 23.9 Å². The van der Waals surface area contributed by atoms with Gasteiger partial charge in [0, 0.05) is 18.2 Å². The Morgan fingerprint density at radius 1 is 1.03 bits per heavy atom. The van der Waals surface area contributed by atoms with Crippen LogP contribution in [0.1, 0.15) is 51.3 Å². The maximum absolute atomic E-state index is 13.6. The molecule has 0 unspecified atom stereocenters. The summed E-state index contributed by atoms with van der Waals surface area (Å²) in [5.41, 5.74) is 2.41. The minimum absolute atomic E-state index is 0.0936. The highest BCUT2D eigenvalue weighted by atomic mass is 32.2. The second-order valence-electron chi connectivity index (χ2n) is 11.4. The van der Waals surface area contributed by atoms with Crippen LogP contribution in [0.5, 0.6) is 0 Å². The Morgan fingerprint density at radius 2 is 1.66 bits per heavy atom. The molecule has 0 saturated heterocycles. The summed E-state index contributed by atoms with van der Waals surface area (Å²) in [6.07, 6.45) is 5.91. The van der Waals surface area contributed by atoms with E-state index in [2.05, 4.69) is 33.9 Å². The van der Waals surface area contributed by atoms with E-state index in [0.717, 1.165) is 22.1 Å². The highest BCUT2D eigenvalue weighted by Crippen LogP contribution is 2.37. The Balaban J connectivity index is 2.13. The molecule has 0 saturated carbocycles. The molecule has 190 valence electrons. The molecule has 3 aromatic rings. The third-order valence-corrected chi connectivity index (χ3v) is 13.0. The topological polar surface area (TPSA) is 68.5 Å². The van der Waals surface area contributed by atoms with Crippen molar-refractivity contribution in [3.8, 4) is 0 Å². The third kappa shape index (κ3) is 6.15. The highest BCUT2D eigenvalue weighted by Gasteiger charge is 2.37. The van der Waals surface area contributed by atoms with E-state index >= 15 is 0 Å². The fourth-order valence-electron chi connectivity index (χ4n) is 3.64. The van der Waals surface area contributed by atoms with Crippen molar-refractivity contribution < 1.29 is 18.0 Å². The molecule has 1 heterocycles. The molecule has 0 amide bonds. The molecule has 0 radical (unpaired) electrons. The average molecular weight is 514 g/mol. The van der Waals surface area contributed by atoms with Crippen molar-refractivity contribution in [3.05, 3.63) is 71.4 Å². The maximum Gasteiger partial charge on any atom is 0.268 e. The van der Waals surface area contributed by atoms with E-state index in [1.165, 1.54) is 3.97 Å². The van der Waals surface area contributed by atoms with Crippen LogP contribution < -0.4 is 0 Å². The third-order valence-electron chi connectivity index (χ3n) is 6.80. The predicted octanol–water partition coefficient (Wildman–Crippen LogP) is 6.54. The van der Waals surface area contributed by atoms with E-state index in [0.29, 0.717) is 18.5 Å². The first-order chi connectivity index (χ1) is 16.0. The van der Waals surface area contributed by atoms with Crippen LogP contribution in [0.3, 0.4) is 0 Å². The van der Waals surface area contributed by atoms with Gasteiger partial charge in [0.05, 0.1) is 16.0 Å². The number of fused-ring (bicyclic) bond motifs is 1. The van der Waals surface area contributed by atoms with Gasteiger partial charge in [-0.2, -0.15) is 0 Å². The number of aliphatic hydroxyl groups is 1. The molecular formula is C28H39NO4SSi. The number of hydrogen-bond donors (Lipinski definition) is 1. The van der Waals surface area contributed by atoms with Gasteiger partial charge in [0.15, 0.2) is 8.32 Å². The van der Waals surface area contributed by atoms with Crippen LogP contribution in [-0.4, -0.2) is 38.0 Å². The second-order valence-corrected chi connectivity index (χ2v) is 18.0. The van der Waals surface area contributed by atoms with Crippen LogP contribution >= 0.6 is 0 Å². The molecule has 0 fully saturated rings. The number of aryl methyl sites for hydroxylation is 1. The molecule has 0 aliphatic carbocycles. The Morgan fingerprint density at radius 3 is 2.23 bits per heavy atom. The van der Waals surface area contributed by atoms with Crippen molar-refractivity contribution >= 4 is 35.3 Å². The van der Waals surface area contributed by atoms with E-state index in [1.807, 2.05) is 43.3 Å². The van der Waals surface area contributed by atoms with Gasteiger partial charge in [-0.15, -0.1) is 0 Å². The molecule has 5 nitrogen and oxygen atoms in total. The van der Waals surface area contributed by atoms with Gasteiger partial charge in [0.1, 0.15) is 0 Å². The van der Waals surface area contributed by atoms with Gasteiger partial charge >= 0.3 is 0 Å². The molecule has 7 heteroatoms. The quantitative estimate of drug-likeness (QED) is 0.348. The van der Waals surface area contributed by atoms with Gasteiger partial charge in [-0.05, 0) is 74.7 Å². The maximum atomic E-state index is 13.6. The molecule has 3 rings (SSSR count). The van der Waals surface area contributed by atoms with Crippen LogP contribution in [0, 0.1) is 6.92 Å². The van der Waals surface area contributed by atoms with Gasteiger partial charge in [0.25, 0.3) is 10.0 Å². The van der Waals surface area contributed by atoms with Crippen molar-refractivity contribution in [1.29, 1.82) is 0 Å². The number of benzene rings is 2. The van der Waals surface area contributed by atoms with E-state index in [1.54, 1.807) is 38.3 Å². The summed E-state index contributed by atoms with van der Waals surface area (Å²) in [5.74, 6) is 0. The standard InChI is InChI=1S/C28H39NO4SSi/c1-21-12-14-24(15-13-21)34(31,32)29-20-23(17-19-33-35(7,8)27(2,3)4)26-22(10-9-11-25(26)29)16-18-28(5,6)30/h9-16,18,20,30H,17,19H2,1-8H3/b18-16+. The first kappa shape index (κ1) is 27.4. The molecule has 35 heavy (non-hydrogen) atoms. The highest BCUT2D eigenvalue weighted by molar-refractivity contribution is 7.90. The van der Waals surface area contributed by atoms with Crippen molar-refractivity contribution in [2.24, 2.45) is 0 Å². The van der Waals surface area contributed by atoms with E-state index in [4.69, 9.17) is 4.43 Å². The van der Waals surface area contributed by atoms with E-state index in [-0.39, 0.29) is 9.93 Å². The Kier molecular flexibility index (Phi) is 7.59. The normalized spacial score (nSPS) is 13.7. The zero-order chi connectivity index (χ0) is 26.2. The summed E-state index contributed by atoms with van der Waals surface area (Å²) in [4.78, 5) is 0.251. The zero-order valence-corrected chi connectivity index (χ0v) is 24.0. The molecule has 1 N–H and O–H groups in total. The summed E-state index contributed by atoms with van der Waals surface area (Å²) in [6.45, 7) is 16.9. The molecular weight excluding hydrogens is 474 g/mol. The van der Waals surface area contributed by atoms with Gasteiger partial charge in [0.2, 0.25) is 0 Å². The molecule has 2 aromatic carbocycles. The number of hydrogen-bond acceptors (Lipinski definition) is 4. The summed E-state index contributed by atoms with van der Waals surface area (Å²) in [7, 11) is -5.73. The minimum Gasteiger partial charge on any atom is -0.416 e. The van der Waals surface area contributed by atoms with Crippen LogP contribution in [0.2, 0.25) is 18.1 Å². The van der Waals surface area contributed by atoms with Gasteiger partial charge < -0.3 is 9.53 Å². The summed E-state index contributed by atoms with van der Waals surface area (Å²) < 4.78 is 35.1. The fourth-order valence-corrected chi connectivity index (χ4v) is 6.07. The number of aromatic nitrogens is 1. The monoisotopic (exact) mass is 513 g/mol. The van der Waals surface area contributed by atoms with E-state index in [9.17, 15) is 13.5 Å². The summed E-state index contributed by atoms with van der Waals surface area (Å²) in [5, 5.41) is 11.2. The first-order valence-electron chi connectivity index (χ1n) is 12.0. The molecule has 0 spiro atoms. The summed E-state index contributed by atoms with van der Waals surface area (Å²) >= 11 is 0. The van der Waals surface area contributed by atoms with Crippen LogP contribution in [-0.2, 0) is 20.9 Å². The Labute approximate surface area is 211 Å². The van der Waals surface area contributed by atoms with Crippen LogP contribution in [0.4, 0.5) is 0 Å². The molecule has 0 bridgehead atoms. The fraction of sp³-hybridized carbons (Fsp3) is 0.429. The van der Waals surface area contributed by atoms with Crippen molar-refractivity contribution in [3.63, 3.8) is 0 Å². The molecule has 1 aromatic heterocycles. The second kappa shape index (κ2) is 9.69. The summed E-state index contributed by atoms with van der Waals surface area (Å²) in [6, 6.07) is 12.5. The Hall–Kier alpha value is -2.19. The Bertz CT molecular complexity index is 1320. The van der Waals surface area contributed by atoms with Crippen molar-refractivity contribution in [1.82, 2.24) is 3.97 Å². The predicted molar refractivity (Wildman–Crippen MR) is 148 cm³/mol.